The second-order valence-electron chi connectivity index (χ2n) is 6.40. The predicted molar refractivity (Wildman–Crippen MR) is 83.7 cm³/mol. The van der Waals surface area contributed by atoms with Crippen molar-refractivity contribution >= 4 is 5.91 Å². The normalized spacial score (nSPS) is 18.8. The molecule has 1 aliphatic rings. The molecular formula is C16H21N5O2. The molecule has 1 amide bonds. The Hall–Kier alpha value is -2.44. The Morgan fingerprint density at radius 2 is 2.26 bits per heavy atom. The molecule has 3 rings (SSSR count). The summed E-state index contributed by atoms with van der Waals surface area (Å²) in [6.45, 7) is 4.72. The molecule has 23 heavy (non-hydrogen) atoms. The van der Waals surface area contributed by atoms with E-state index in [4.69, 9.17) is 4.74 Å². The van der Waals surface area contributed by atoms with Gasteiger partial charge in [0.15, 0.2) is 0 Å². The summed E-state index contributed by atoms with van der Waals surface area (Å²) in [5.74, 6) is 0.887. The molecule has 0 unspecified atom stereocenters. The summed E-state index contributed by atoms with van der Waals surface area (Å²) in [7, 11) is 0. The average Bonchev–Trinajstić information content (AvgIpc) is 2.99. The van der Waals surface area contributed by atoms with Crippen molar-refractivity contribution < 1.29 is 9.53 Å². The lowest BCUT2D eigenvalue weighted by Gasteiger charge is -2.37. The summed E-state index contributed by atoms with van der Waals surface area (Å²) in [5, 5.41) is 14.1. The number of aromatic nitrogens is 4. The van der Waals surface area contributed by atoms with Crippen LogP contribution < -0.4 is 10.1 Å². The predicted octanol–water partition coefficient (Wildman–Crippen LogP) is 1.87. The van der Waals surface area contributed by atoms with Crippen LogP contribution in [0.1, 0.15) is 44.7 Å². The van der Waals surface area contributed by atoms with Crippen LogP contribution in [0.3, 0.4) is 0 Å². The van der Waals surface area contributed by atoms with E-state index < -0.39 is 0 Å². The number of hydrogen-bond acceptors (Lipinski definition) is 5. The van der Waals surface area contributed by atoms with Crippen LogP contribution in [-0.4, -0.2) is 31.7 Å². The maximum Gasteiger partial charge on any atom is 0.220 e. The third-order valence-corrected chi connectivity index (χ3v) is 3.89. The van der Waals surface area contributed by atoms with Crippen LogP contribution in [0, 0.1) is 0 Å². The minimum Gasteiger partial charge on any atom is -0.487 e. The Bertz CT molecular complexity index is 669. The SMILES string of the molecule is CC1(C)C[C@H](NC(=O)CCCn2cnnn2)c2ccccc2O1. The van der Waals surface area contributed by atoms with Crippen molar-refractivity contribution in [3.05, 3.63) is 36.2 Å². The molecule has 2 aromatic rings. The van der Waals surface area contributed by atoms with Gasteiger partial charge in [0, 0.05) is 24.9 Å². The smallest absolute Gasteiger partial charge is 0.220 e. The zero-order chi connectivity index (χ0) is 16.3. The highest BCUT2D eigenvalue weighted by atomic mass is 16.5. The first-order valence-electron chi connectivity index (χ1n) is 7.82. The first-order chi connectivity index (χ1) is 11.0. The number of nitrogens with zero attached hydrogens (tertiary/aromatic N) is 4. The van der Waals surface area contributed by atoms with Gasteiger partial charge in [-0.15, -0.1) is 5.10 Å². The van der Waals surface area contributed by atoms with Crippen molar-refractivity contribution in [2.45, 2.75) is 51.3 Å². The Morgan fingerprint density at radius 1 is 1.43 bits per heavy atom. The fourth-order valence-electron chi connectivity index (χ4n) is 2.88. The van der Waals surface area contributed by atoms with E-state index >= 15 is 0 Å². The Morgan fingerprint density at radius 3 is 3.04 bits per heavy atom. The van der Waals surface area contributed by atoms with Gasteiger partial charge in [-0.25, -0.2) is 4.68 Å². The van der Waals surface area contributed by atoms with Gasteiger partial charge < -0.3 is 10.1 Å². The topological polar surface area (TPSA) is 81.9 Å². The number of ether oxygens (including phenoxy) is 1. The number of hydrogen-bond donors (Lipinski definition) is 1. The minimum atomic E-state index is -0.293. The molecule has 1 aliphatic heterocycles. The van der Waals surface area contributed by atoms with Gasteiger partial charge in [0.25, 0.3) is 0 Å². The van der Waals surface area contributed by atoms with E-state index in [0.717, 1.165) is 17.7 Å². The van der Waals surface area contributed by atoms with Crippen LogP contribution in [0.25, 0.3) is 0 Å². The molecule has 1 atom stereocenters. The molecule has 1 aromatic heterocycles. The van der Waals surface area contributed by atoms with Gasteiger partial charge in [-0.2, -0.15) is 0 Å². The summed E-state index contributed by atoms with van der Waals surface area (Å²) in [6, 6.07) is 7.86. The van der Waals surface area contributed by atoms with Crippen LogP contribution in [0.5, 0.6) is 5.75 Å². The van der Waals surface area contributed by atoms with E-state index in [9.17, 15) is 4.79 Å². The van der Waals surface area contributed by atoms with E-state index in [1.54, 1.807) is 11.0 Å². The van der Waals surface area contributed by atoms with E-state index in [1.807, 2.05) is 38.1 Å². The summed E-state index contributed by atoms with van der Waals surface area (Å²) >= 11 is 0. The van der Waals surface area contributed by atoms with E-state index in [-0.39, 0.29) is 17.6 Å². The second-order valence-corrected chi connectivity index (χ2v) is 6.40. The third-order valence-electron chi connectivity index (χ3n) is 3.89. The molecule has 7 nitrogen and oxygen atoms in total. The number of benzene rings is 1. The van der Waals surface area contributed by atoms with Crippen LogP contribution in [0.4, 0.5) is 0 Å². The molecule has 0 saturated heterocycles. The molecular weight excluding hydrogens is 294 g/mol. The molecule has 2 heterocycles. The number of fused-ring (bicyclic) bond motifs is 1. The van der Waals surface area contributed by atoms with Crippen LogP contribution in [0.2, 0.25) is 0 Å². The molecule has 1 aromatic carbocycles. The number of tetrazole rings is 1. The minimum absolute atomic E-state index is 0.0181. The number of nitrogens with one attached hydrogen (secondary N) is 1. The van der Waals surface area contributed by atoms with E-state index in [2.05, 4.69) is 20.8 Å². The summed E-state index contributed by atoms with van der Waals surface area (Å²) < 4.78 is 7.61. The van der Waals surface area contributed by atoms with Crippen molar-refractivity contribution in [2.75, 3.05) is 0 Å². The van der Waals surface area contributed by atoms with Gasteiger partial charge in [0.05, 0.1) is 6.04 Å². The van der Waals surface area contributed by atoms with E-state index in [1.165, 1.54) is 0 Å². The molecule has 0 aliphatic carbocycles. The first kappa shape index (κ1) is 15.5. The highest BCUT2D eigenvalue weighted by Crippen LogP contribution is 2.39. The molecule has 0 fully saturated rings. The molecule has 0 saturated carbocycles. The number of para-hydroxylation sites is 1. The number of aryl methyl sites for hydroxylation is 1. The number of carbonyl (C=O) groups is 1. The average molecular weight is 315 g/mol. The third kappa shape index (κ3) is 3.85. The standard InChI is InChI=1S/C16H21N5O2/c1-16(2)10-13(12-6-3-4-7-14(12)23-16)18-15(22)8-5-9-21-11-17-19-20-21/h3-4,6-7,11,13H,5,8-10H2,1-2H3,(H,18,22)/t13-/m0/s1. The van der Waals surface area contributed by atoms with Crippen LogP contribution in [0.15, 0.2) is 30.6 Å². The van der Waals surface area contributed by atoms with Gasteiger partial charge in [-0.1, -0.05) is 18.2 Å². The van der Waals surface area contributed by atoms with Crippen molar-refractivity contribution in [3.8, 4) is 5.75 Å². The zero-order valence-corrected chi connectivity index (χ0v) is 13.4. The maximum atomic E-state index is 12.2. The summed E-state index contributed by atoms with van der Waals surface area (Å²) in [6.07, 6.45) is 3.45. The highest BCUT2D eigenvalue weighted by Gasteiger charge is 2.34. The van der Waals surface area contributed by atoms with Gasteiger partial charge in [0.2, 0.25) is 5.91 Å². The number of rotatable bonds is 5. The molecule has 0 radical (unpaired) electrons. The second kappa shape index (κ2) is 6.36. The van der Waals surface area contributed by atoms with Gasteiger partial charge in [0.1, 0.15) is 17.7 Å². The van der Waals surface area contributed by atoms with Gasteiger partial charge >= 0.3 is 0 Å². The number of carbonyl (C=O) groups excluding carboxylic acids is 1. The highest BCUT2D eigenvalue weighted by molar-refractivity contribution is 5.76. The Labute approximate surface area is 135 Å². The molecule has 122 valence electrons. The summed E-state index contributed by atoms with van der Waals surface area (Å²) in [5.41, 5.74) is 0.749. The lowest BCUT2D eigenvalue weighted by Crippen LogP contribution is -2.41. The molecule has 1 N–H and O–H groups in total. The first-order valence-corrected chi connectivity index (χ1v) is 7.82. The monoisotopic (exact) mass is 315 g/mol. The van der Waals surface area contributed by atoms with E-state index in [0.29, 0.717) is 19.4 Å². The number of amides is 1. The lowest BCUT2D eigenvalue weighted by atomic mass is 9.89. The van der Waals surface area contributed by atoms with Crippen molar-refractivity contribution in [3.63, 3.8) is 0 Å². The Balaban J connectivity index is 1.59. The van der Waals surface area contributed by atoms with Crippen molar-refractivity contribution in [1.29, 1.82) is 0 Å². The quantitative estimate of drug-likeness (QED) is 0.911. The fourth-order valence-corrected chi connectivity index (χ4v) is 2.88. The van der Waals surface area contributed by atoms with Crippen LogP contribution in [-0.2, 0) is 11.3 Å². The lowest BCUT2D eigenvalue weighted by molar-refractivity contribution is -0.122. The van der Waals surface area contributed by atoms with Gasteiger partial charge in [-0.3, -0.25) is 4.79 Å². The maximum absolute atomic E-state index is 12.2. The molecule has 7 heteroatoms. The summed E-state index contributed by atoms with van der Waals surface area (Å²) in [4.78, 5) is 12.2. The molecule has 0 spiro atoms. The Kier molecular flexibility index (Phi) is 4.27. The largest absolute Gasteiger partial charge is 0.487 e. The fraction of sp³-hybridized carbons (Fsp3) is 0.500. The zero-order valence-electron chi connectivity index (χ0n) is 13.4. The van der Waals surface area contributed by atoms with Gasteiger partial charge in [-0.05, 0) is 36.8 Å². The van der Waals surface area contributed by atoms with Crippen molar-refractivity contribution in [2.24, 2.45) is 0 Å². The van der Waals surface area contributed by atoms with Crippen molar-refractivity contribution in [1.82, 2.24) is 25.5 Å². The molecule has 0 bridgehead atoms. The van der Waals surface area contributed by atoms with Crippen LogP contribution >= 0.6 is 0 Å².